The maximum absolute atomic E-state index is 12.2. The van der Waals surface area contributed by atoms with Crippen molar-refractivity contribution in [3.63, 3.8) is 0 Å². The number of pyridine rings is 1. The molecule has 1 aliphatic rings. The first-order chi connectivity index (χ1) is 9.89. The van der Waals surface area contributed by atoms with E-state index < -0.39 is 0 Å². The van der Waals surface area contributed by atoms with E-state index in [1.54, 1.807) is 18.3 Å². The number of anilines is 1. The number of nitriles is 1. The summed E-state index contributed by atoms with van der Waals surface area (Å²) < 4.78 is 0. The van der Waals surface area contributed by atoms with Crippen molar-refractivity contribution >= 4 is 11.7 Å². The summed E-state index contributed by atoms with van der Waals surface area (Å²) >= 11 is 0. The van der Waals surface area contributed by atoms with Crippen LogP contribution in [-0.4, -0.2) is 42.0 Å². The Balaban J connectivity index is 1.94. The first kappa shape index (κ1) is 15.3. The van der Waals surface area contributed by atoms with E-state index >= 15 is 0 Å². The van der Waals surface area contributed by atoms with Crippen LogP contribution in [0.15, 0.2) is 18.3 Å². The number of piperazine rings is 1. The average Bonchev–Trinajstić information content (AvgIpc) is 2.46. The molecule has 0 bridgehead atoms. The number of nitrogens with zero attached hydrogens (tertiary/aromatic N) is 4. The maximum Gasteiger partial charge on any atom is 0.223 e. The molecule has 0 saturated carbocycles. The molecule has 2 rings (SSSR count). The van der Waals surface area contributed by atoms with Crippen molar-refractivity contribution in [3.05, 3.63) is 23.9 Å². The van der Waals surface area contributed by atoms with Gasteiger partial charge in [-0.15, -0.1) is 0 Å². The van der Waals surface area contributed by atoms with E-state index in [4.69, 9.17) is 5.26 Å². The van der Waals surface area contributed by atoms with Crippen molar-refractivity contribution in [2.75, 3.05) is 31.1 Å². The third-order valence-electron chi connectivity index (χ3n) is 3.51. The largest absolute Gasteiger partial charge is 0.353 e. The van der Waals surface area contributed by atoms with E-state index in [9.17, 15) is 4.79 Å². The predicted molar refractivity (Wildman–Crippen MR) is 81.8 cm³/mol. The third-order valence-corrected chi connectivity index (χ3v) is 3.51. The number of carbonyl (C=O) groups is 1. The zero-order valence-electron chi connectivity index (χ0n) is 13.0. The molecule has 5 nitrogen and oxygen atoms in total. The minimum absolute atomic E-state index is 0.0247. The van der Waals surface area contributed by atoms with Crippen LogP contribution in [-0.2, 0) is 4.79 Å². The number of amides is 1. The van der Waals surface area contributed by atoms with Gasteiger partial charge in [-0.2, -0.15) is 5.26 Å². The average molecular weight is 286 g/mol. The molecule has 0 unspecified atom stereocenters. The van der Waals surface area contributed by atoms with Crippen molar-refractivity contribution in [2.24, 2.45) is 5.41 Å². The van der Waals surface area contributed by atoms with Gasteiger partial charge in [0, 0.05) is 38.8 Å². The van der Waals surface area contributed by atoms with Crippen LogP contribution in [0.4, 0.5) is 5.82 Å². The van der Waals surface area contributed by atoms with Crippen LogP contribution in [0.5, 0.6) is 0 Å². The van der Waals surface area contributed by atoms with E-state index in [0.29, 0.717) is 25.1 Å². The molecule has 1 saturated heterocycles. The lowest BCUT2D eigenvalue weighted by molar-refractivity contribution is -0.133. The van der Waals surface area contributed by atoms with Crippen molar-refractivity contribution in [3.8, 4) is 6.07 Å². The van der Waals surface area contributed by atoms with Crippen molar-refractivity contribution in [1.29, 1.82) is 5.26 Å². The fourth-order valence-electron chi connectivity index (χ4n) is 2.41. The van der Waals surface area contributed by atoms with Crippen LogP contribution in [0.25, 0.3) is 0 Å². The second-order valence-electron chi connectivity index (χ2n) is 6.62. The Labute approximate surface area is 126 Å². The molecule has 0 radical (unpaired) electrons. The van der Waals surface area contributed by atoms with Crippen LogP contribution in [0.2, 0.25) is 0 Å². The van der Waals surface area contributed by atoms with Crippen LogP contribution in [0.1, 0.15) is 32.8 Å². The second-order valence-corrected chi connectivity index (χ2v) is 6.62. The van der Waals surface area contributed by atoms with Crippen molar-refractivity contribution in [1.82, 2.24) is 9.88 Å². The molecular weight excluding hydrogens is 264 g/mol. The molecule has 21 heavy (non-hydrogen) atoms. The standard InChI is InChI=1S/C16H22N4O/c1-16(2,3)11-15(21)20-8-6-19(7-9-20)14-10-13(12-17)4-5-18-14/h4-5,10H,6-9,11H2,1-3H3. The molecule has 2 heterocycles. The monoisotopic (exact) mass is 286 g/mol. The molecular formula is C16H22N4O. The highest BCUT2D eigenvalue weighted by Crippen LogP contribution is 2.21. The lowest BCUT2D eigenvalue weighted by atomic mass is 9.91. The van der Waals surface area contributed by atoms with Crippen LogP contribution < -0.4 is 4.90 Å². The Hall–Kier alpha value is -2.09. The lowest BCUT2D eigenvalue weighted by Gasteiger charge is -2.36. The summed E-state index contributed by atoms with van der Waals surface area (Å²) in [5, 5.41) is 8.93. The van der Waals surface area contributed by atoms with Crippen molar-refractivity contribution in [2.45, 2.75) is 27.2 Å². The van der Waals surface area contributed by atoms with Crippen LogP contribution >= 0.6 is 0 Å². The Bertz CT molecular complexity index is 548. The summed E-state index contributed by atoms with van der Waals surface area (Å²) in [5.74, 6) is 1.04. The number of carbonyl (C=O) groups excluding carboxylic acids is 1. The van der Waals surface area contributed by atoms with Gasteiger partial charge in [-0.1, -0.05) is 20.8 Å². The van der Waals surface area contributed by atoms with E-state index in [2.05, 4.69) is 36.7 Å². The summed E-state index contributed by atoms with van der Waals surface area (Å²) in [6.45, 7) is 9.20. The second kappa shape index (κ2) is 6.13. The zero-order valence-corrected chi connectivity index (χ0v) is 13.0. The maximum atomic E-state index is 12.2. The van der Waals surface area contributed by atoms with Gasteiger partial charge in [0.25, 0.3) is 0 Å². The number of rotatable bonds is 2. The molecule has 0 aromatic carbocycles. The normalized spacial score (nSPS) is 15.7. The Morgan fingerprint density at radius 1 is 1.33 bits per heavy atom. The van der Waals surface area contributed by atoms with E-state index in [1.807, 2.05) is 4.90 Å². The van der Waals surface area contributed by atoms with Gasteiger partial charge in [-0.05, 0) is 17.5 Å². The summed E-state index contributed by atoms with van der Waals surface area (Å²) in [7, 11) is 0. The topological polar surface area (TPSA) is 60.2 Å². The first-order valence-electron chi connectivity index (χ1n) is 7.28. The zero-order chi connectivity index (χ0) is 15.5. The molecule has 5 heteroatoms. The fraction of sp³-hybridized carbons (Fsp3) is 0.562. The molecule has 1 aromatic rings. The van der Waals surface area contributed by atoms with Gasteiger partial charge < -0.3 is 9.80 Å². The number of aromatic nitrogens is 1. The fourth-order valence-corrected chi connectivity index (χ4v) is 2.41. The predicted octanol–water partition coefficient (Wildman–Crippen LogP) is 2.04. The van der Waals surface area contributed by atoms with E-state index in [-0.39, 0.29) is 11.3 Å². The quantitative estimate of drug-likeness (QED) is 0.834. The highest BCUT2D eigenvalue weighted by atomic mass is 16.2. The minimum Gasteiger partial charge on any atom is -0.353 e. The van der Waals surface area contributed by atoms with E-state index in [0.717, 1.165) is 18.9 Å². The molecule has 0 aliphatic carbocycles. The van der Waals surface area contributed by atoms with Gasteiger partial charge in [0.1, 0.15) is 5.82 Å². The lowest BCUT2D eigenvalue weighted by Crippen LogP contribution is -2.49. The van der Waals surface area contributed by atoms with Gasteiger partial charge in [0.15, 0.2) is 0 Å². The van der Waals surface area contributed by atoms with Crippen LogP contribution in [0, 0.1) is 16.7 Å². The molecule has 0 spiro atoms. The molecule has 1 fully saturated rings. The number of hydrogen-bond acceptors (Lipinski definition) is 4. The summed E-state index contributed by atoms with van der Waals surface area (Å²) in [6.07, 6.45) is 2.24. The molecule has 1 aromatic heterocycles. The Morgan fingerprint density at radius 2 is 2.00 bits per heavy atom. The highest BCUT2D eigenvalue weighted by molar-refractivity contribution is 5.77. The van der Waals surface area contributed by atoms with E-state index in [1.165, 1.54) is 0 Å². The van der Waals surface area contributed by atoms with Crippen LogP contribution in [0.3, 0.4) is 0 Å². The van der Waals surface area contributed by atoms with Gasteiger partial charge in [0.05, 0.1) is 11.6 Å². The highest BCUT2D eigenvalue weighted by Gasteiger charge is 2.25. The summed E-state index contributed by atoms with van der Waals surface area (Å²) in [5.41, 5.74) is 0.642. The van der Waals surface area contributed by atoms with Gasteiger partial charge in [0.2, 0.25) is 5.91 Å². The summed E-state index contributed by atoms with van der Waals surface area (Å²) in [6, 6.07) is 5.63. The summed E-state index contributed by atoms with van der Waals surface area (Å²) in [4.78, 5) is 20.6. The Kier molecular flexibility index (Phi) is 4.46. The molecule has 0 atom stereocenters. The Morgan fingerprint density at radius 3 is 2.57 bits per heavy atom. The molecule has 1 amide bonds. The SMILES string of the molecule is CC(C)(C)CC(=O)N1CCN(c2cc(C#N)ccn2)CC1. The molecule has 0 N–H and O–H groups in total. The van der Waals surface area contributed by atoms with Crippen molar-refractivity contribution < 1.29 is 4.79 Å². The smallest absolute Gasteiger partial charge is 0.223 e. The third kappa shape index (κ3) is 4.19. The van der Waals surface area contributed by atoms with Gasteiger partial charge in [-0.25, -0.2) is 4.98 Å². The van der Waals surface area contributed by atoms with Gasteiger partial charge >= 0.3 is 0 Å². The molecule has 112 valence electrons. The minimum atomic E-state index is 0.0247. The first-order valence-corrected chi connectivity index (χ1v) is 7.28. The number of hydrogen-bond donors (Lipinski definition) is 0. The molecule has 1 aliphatic heterocycles. The van der Waals surface area contributed by atoms with Gasteiger partial charge in [-0.3, -0.25) is 4.79 Å².